The van der Waals surface area contributed by atoms with Gasteiger partial charge in [-0.1, -0.05) is 24.3 Å². The predicted octanol–water partition coefficient (Wildman–Crippen LogP) is 5.14. The first-order chi connectivity index (χ1) is 10.7. The third kappa shape index (κ3) is 2.31. The van der Waals surface area contributed by atoms with E-state index in [1.54, 1.807) is 0 Å². The highest BCUT2D eigenvalue weighted by Gasteiger charge is 2.22. The maximum Gasteiger partial charge on any atom is 0.175 e. The van der Waals surface area contributed by atoms with Gasteiger partial charge in [-0.05, 0) is 37.5 Å². The van der Waals surface area contributed by atoms with Gasteiger partial charge in [0, 0.05) is 14.6 Å². The Labute approximate surface area is 138 Å². The van der Waals surface area contributed by atoms with Gasteiger partial charge in [-0.15, -0.1) is 22.7 Å². The zero-order chi connectivity index (χ0) is 15.1. The number of thiophene rings is 2. The summed E-state index contributed by atoms with van der Waals surface area (Å²) in [6.45, 7) is 5.66. The number of ether oxygens (including phenoxy) is 2. The molecule has 0 radical (unpaired) electrons. The SMILES string of the molecule is Cc1sc(CCc2sc(C)c3ccccc23)c2c1OCCO2. The Balaban J connectivity index is 1.62. The second-order valence-electron chi connectivity index (χ2n) is 5.56. The first-order valence-electron chi connectivity index (χ1n) is 7.59. The van der Waals surface area contributed by atoms with Crippen LogP contribution in [0, 0.1) is 13.8 Å². The Hall–Kier alpha value is -1.52. The lowest BCUT2D eigenvalue weighted by Gasteiger charge is -2.16. The second-order valence-corrected chi connectivity index (χ2v) is 8.18. The van der Waals surface area contributed by atoms with Crippen LogP contribution in [0.1, 0.15) is 19.5 Å². The molecule has 114 valence electrons. The molecule has 4 rings (SSSR count). The highest BCUT2D eigenvalue weighted by molar-refractivity contribution is 7.14. The van der Waals surface area contributed by atoms with Crippen molar-refractivity contribution in [3.8, 4) is 11.5 Å². The Morgan fingerprint density at radius 2 is 1.45 bits per heavy atom. The summed E-state index contributed by atoms with van der Waals surface area (Å²) in [6.07, 6.45) is 2.09. The van der Waals surface area contributed by atoms with Gasteiger partial charge < -0.3 is 9.47 Å². The van der Waals surface area contributed by atoms with Crippen molar-refractivity contribution >= 4 is 33.4 Å². The molecule has 22 heavy (non-hydrogen) atoms. The monoisotopic (exact) mass is 330 g/mol. The first kappa shape index (κ1) is 14.1. The second kappa shape index (κ2) is 5.60. The fourth-order valence-corrected chi connectivity index (χ4v) is 5.28. The summed E-state index contributed by atoms with van der Waals surface area (Å²) in [7, 11) is 0. The fourth-order valence-electron chi connectivity index (χ4n) is 3.07. The standard InChI is InChI=1S/C18H18O2S2/c1-11-13-5-3-4-6-14(13)15(21-11)7-8-16-18-17(12(2)22-16)19-9-10-20-18/h3-6H,7-10H2,1-2H3. The van der Waals surface area contributed by atoms with Crippen LogP contribution in [0.5, 0.6) is 11.5 Å². The number of benzene rings is 1. The Morgan fingerprint density at radius 3 is 2.27 bits per heavy atom. The van der Waals surface area contributed by atoms with Crippen LogP contribution >= 0.6 is 22.7 Å². The molecule has 0 saturated heterocycles. The van der Waals surface area contributed by atoms with Crippen LogP contribution in [-0.4, -0.2) is 13.2 Å². The van der Waals surface area contributed by atoms with E-state index in [1.807, 2.05) is 22.7 Å². The summed E-state index contributed by atoms with van der Waals surface area (Å²) < 4.78 is 11.6. The molecular formula is C18H18O2S2. The zero-order valence-corrected chi connectivity index (χ0v) is 14.4. The van der Waals surface area contributed by atoms with Crippen LogP contribution in [-0.2, 0) is 12.8 Å². The molecule has 0 spiro atoms. The molecule has 0 saturated carbocycles. The van der Waals surface area contributed by atoms with E-state index >= 15 is 0 Å². The van der Waals surface area contributed by atoms with Gasteiger partial charge in [0.15, 0.2) is 11.5 Å². The van der Waals surface area contributed by atoms with Crippen molar-refractivity contribution in [2.45, 2.75) is 26.7 Å². The Morgan fingerprint density at radius 1 is 0.818 bits per heavy atom. The van der Waals surface area contributed by atoms with Crippen molar-refractivity contribution in [1.82, 2.24) is 0 Å². The maximum absolute atomic E-state index is 5.85. The molecule has 0 aliphatic carbocycles. The van der Waals surface area contributed by atoms with E-state index in [1.165, 1.54) is 30.3 Å². The van der Waals surface area contributed by atoms with Crippen LogP contribution in [0.2, 0.25) is 0 Å². The van der Waals surface area contributed by atoms with Gasteiger partial charge in [-0.25, -0.2) is 0 Å². The van der Waals surface area contributed by atoms with Crippen LogP contribution in [0.25, 0.3) is 10.8 Å². The smallest absolute Gasteiger partial charge is 0.175 e. The predicted molar refractivity (Wildman–Crippen MR) is 94.0 cm³/mol. The molecule has 0 unspecified atom stereocenters. The van der Waals surface area contributed by atoms with Gasteiger partial charge in [0.25, 0.3) is 0 Å². The van der Waals surface area contributed by atoms with Crippen molar-refractivity contribution in [3.63, 3.8) is 0 Å². The molecule has 4 heteroatoms. The fraction of sp³-hybridized carbons (Fsp3) is 0.333. The number of rotatable bonds is 3. The maximum atomic E-state index is 5.85. The Kier molecular flexibility index (Phi) is 3.59. The molecule has 0 bridgehead atoms. The molecule has 2 nitrogen and oxygen atoms in total. The number of hydrogen-bond acceptors (Lipinski definition) is 4. The van der Waals surface area contributed by atoms with E-state index < -0.39 is 0 Å². The molecule has 1 aliphatic heterocycles. The Bertz CT molecular complexity index is 829. The number of hydrogen-bond donors (Lipinski definition) is 0. The first-order valence-corrected chi connectivity index (χ1v) is 9.22. The molecule has 0 amide bonds. The summed E-state index contributed by atoms with van der Waals surface area (Å²) >= 11 is 3.74. The van der Waals surface area contributed by atoms with Crippen molar-refractivity contribution in [1.29, 1.82) is 0 Å². The molecule has 0 fully saturated rings. The highest BCUT2D eigenvalue weighted by atomic mass is 32.1. The molecule has 1 aliphatic rings. The molecule has 0 atom stereocenters. The summed E-state index contributed by atoms with van der Waals surface area (Å²) in [6, 6.07) is 8.71. The molecule has 3 aromatic rings. The van der Waals surface area contributed by atoms with E-state index in [0.717, 1.165) is 24.3 Å². The zero-order valence-electron chi connectivity index (χ0n) is 12.8. The van der Waals surface area contributed by atoms with E-state index in [-0.39, 0.29) is 0 Å². The minimum atomic E-state index is 0.664. The third-order valence-electron chi connectivity index (χ3n) is 4.09. The molecule has 2 aromatic heterocycles. The minimum Gasteiger partial charge on any atom is -0.485 e. The van der Waals surface area contributed by atoms with Crippen molar-refractivity contribution in [3.05, 3.63) is 43.8 Å². The van der Waals surface area contributed by atoms with E-state index in [9.17, 15) is 0 Å². The van der Waals surface area contributed by atoms with Crippen LogP contribution < -0.4 is 9.47 Å². The van der Waals surface area contributed by atoms with Crippen molar-refractivity contribution < 1.29 is 9.47 Å². The van der Waals surface area contributed by atoms with Gasteiger partial charge in [-0.3, -0.25) is 0 Å². The molecular weight excluding hydrogens is 312 g/mol. The lowest BCUT2D eigenvalue weighted by Crippen LogP contribution is -2.15. The van der Waals surface area contributed by atoms with Crippen LogP contribution in [0.15, 0.2) is 24.3 Å². The van der Waals surface area contributed by atoms with Crippen molar-refractivity contribution in [2.75, 3.05) is 13.2 Å². The highest BCUT2D eigenvalue weighted by Crippen LogP contribution is 2.44. The number of fused-ring (bicyclic) bond motifs is 2. The van der Waals surface area contributed by atoms with E-state index in [4.69, 9.17) is 9.47 Å². The quantitative estimate of drug-likeness (QED) is 0.662. The van der Waals surface area contributed by atoms with Gasteiger partial charge >= 0.3 is 0 Å². The summed E-state index contributed by atoms with van der Waals surface area (Å²) in [5.74, 6) is 1.96. The normalized spacial score (nSPS) is 13.7. The molecule has 1 aromatic carbocycles. The summed E-state index contributed by atoms with van der Waals surface area (Å²) in [4.78, 5) is 5.44. The van der Waals surface area contributed by atoms with Gasteiger partial charge in [0.1, 0.15) is 13.2 Å². The minimum absolute atomic E-state index is 0.664. The van der Waals surface area contributed by atoms with E-state index in [2.05, 4.69) is 38.1 Å². The average Bonchev–Trinajstić information content (AvgIpc) is 3.04. The van der Waals surface area contributed by atoms with Gasteiger partial charge in [-0.2, -0.15) is 0 Å². The largest absolute Gasteiger partial charge is 0.485 e. The lowest BCUT2D eigenvalue weighted by atomic mass is 10.1. The van der Waals surface area contributed by atoms with Crippen LogP contribution in [0.4, 0.5) is 0 Å². The van der Waals surface area contributed by atoms with E-state index in [0.29, 0.717) is 13.2 Å². The van der Waals surface area contributed by atoms with Gasteiger partial charge in [0.05, 0.1) is 4.88 Å². The molecule has 0 N–H and O–H groups in total. The summed E-state index contributed by atoms with van der Waals surface area (Å²) in [5.41, 5.74) is 0. The third-order valence-corrected chi connectivity index (χ3v) is 6.42. The van der Waals surface area contributed by atoms with Crippen molar-refractivity contribution in [2.24, 2.45) is 0 Å². The number of aryl methyl sites for hydroxylation is 4. The average molecular weight is 330 g/mol. The van der Waals surface area contributed by atoms with Crippen LogP contribution in [0.3, 0.4) is 0 Å². The molecule has 3 heterocycles. The van der Waals surface area contributed by atoms with Gasteiger partial charge in [0.2, 0.25) is 0 Å². The lowest BCUT2D eigenvalue weighted by molar-refractivity contribution is 0.171. The topological polar surface area (TPSA) is 18.5 Å². The summed E-state index contributed by atoms with van der Waals surface area (Å²) in [5, 5.41) is 2.80.